The number of fused-ring (bicyclic) bond motifs is 2. The van der Waals surface area contributed by atoms with Gasteiger partial charge in [-0.2, -0.15) is 0 Å². The van der Waals surface area contributed by atoms with Crippen LogP contribution in [-0.2, 0) is 6.42 Å². The fourth-order valence-electron chi connectivity index (χ4n) is 2.90. The maximum absolute atomic E-state index is 10.6. The van der Waals surface area contributed by atoms with Crippen LogP contribution in [0.1, 0.15) is 34.3 Å². The maximum Gasteiger partial charge on any atom is 0.197 e. The first-order chi connectivity index (χ1) is 10.3. The second kappa shape index (κ2) is 4.27. The largest absolute Gasteiger partial charge is 0.369 e. The van der Waals surface area contributed by atoms with Gasteiger partial charge in [-0.3, -0.25) is 0 Å². The van der Waals surface area contributed by atoms with E-state index in [0.29, 0.717) is 18.1 Å². The van der Waals surface area contributed by atoms with Crippen molar-refractivity contribution in [3.05, 3.63) is 63.8 Å². The second-order valence-corrected chi connectivity index (χ2v) is 5.04. The number of aromatic nitrogens is 4. The zero-order chi connectivity index (χ0) is 14.4. The number of hydrogen-bond acceptors (Lipinski definition) is 5. The lowest BCUT2D eigenvalue weighted by atomic mass is 9.85. The van der Waals surface area contributed by atoms with E-state index in [1.165, 1.54) is 0 Å². The molecule has 0 fully saturated rings. The molecule has 104 valence electrons. The van der Waals surface area contributed by atoms with Gasteiger partial charge in [-0.15, -0.1) is 4.91 Å². The lowest BCUT2D eigenvalue weighted by Crippen LogP contribution is -2.15. The molecule has 0 bridgehead atoms. The molecule has 7 nitrogen and oxygen atoms in total. The predicted molar refractivity (Wildman–Crippen MR) is 77.2 cm³/mol. The molecule has 2 aromatic heterocycles. The normalized spacial score (nSPS) is 16.3. The number of benzene rings is 1. The van der Waals surface area contributed by atoms with Gasteiger partial charge in [0.05, 0.1) is 29.3 Å². The van der Waals surface area contributed by atoms with E-state index in [1.807, 2.05) is 12.1 Å². The monoisotopic (exact) mass is 280 g/mol. The van der Waals surface area contributed by atoms with Gasteiger partial charge in [0, 0.05) is 12.1 Å². The molecule has 21 heavy (non-hydrogen) atoms. The first-order valence-electron chi connectivity index (χ1n) is 6.56. The fraction of sp³-hybridized carbons (Fsp3) is 0.143. The Morgan fingerprint density at radius 1 is 1.29 bits per heavy atom. The molecule has 0 amide bonds. The summed E-state index contributed by atoms with van der Waals surface area (Å²) in [6.45, 7) is 0. The summed E-state index contributed by atoms with van der Waals surface area (Å²) in [4.78, 5) is 25.6. The summed E-state index contributed by atoms with van der Waals surface area (Å²) in [7, 11) is 0. The Balaban J connectivity index is 1.89. The van der Waals surface area contributed by atoms with Crippen molar-refractivity contribution < 1.29 is 0 Å². The highest BCUT2D eigenvalue weighted by molar-refractivity contribution is 5.50. The highest BCUT2D eigenvalue weighted by Gasteiger charge is 2.31. The highest BCUT2D eigenvalue weighted by atomic mass is 16.3. The van der Waals surface area contributed by atoms with E-state index < -0.39 is 0 Å². The van der Waals surface area contributed by atoms with E-state index in [1.54, 1.807) is 18.5 Å². The summed E-state index contributed by atoms with van der Waals surface area (Å²) >= 11 is 0. The van der Waals surface area contributed by atoms with Crippen molar-refractivity contribution >= 4 is 11.6 Å². The second-order valence-electron chi connectivity index (χ2n) is 5.04. The standard InChI is InChI=1S/C14H12N6O/c15-14-18-10-5-9-12(17-6-16-9)11(13(10)19-14)7-1-3-8(20-21)4-2-7/h1-4,6,11H,5H2,(H,16,17)(H3,15,18,19). The minimum atomic E-state index is -0.0690. The SMILES string of the molecule is Nc1nc2c([nH]1)Cc1nc[nH]c1C2c1ccc(N=O)cc1. The van der Waals surface area contributed by atoms with Gasteiger partial charge in [0.1, 0.15) is 5.69 Å². The van der Waals surface area contributed by atoms with Crippen LogP contribution >= 0.6 is 0 Å². The maximum atomic E-state index is 10.6. The molecule has 0 spiro atoms. The molecule has 1 aromatic carbocycles. The summed E-state index contributed by atoms with van der Waals surface area (Å²) in [6, 6.07) is 7.16. The molecule has 2 heterocycles. The number of hydrogen-bond donors (Lipinski definition) is 3. The Morgan fingerprint density at radius 3 is 2.86 bits per heavy atom. The van der Waals surface area contributed by atoms with Gasteiger partial charge in [-0.05, 0) is 22.9 Å². The number of nitrogen functional groups attached to an aromatic ring is 1. The first-order valence-corrected chi connectivity index (χ1v) is 6.56. The molecule has 0 radical (unpaired) electrons. The molecule has 0 saturated heterocycles. The fourth-order valence-corrected chi connectivity index (χ4v) is 2.90. The summed E-state index contributed by atoms with van der Waals surface area (Å²) in [5.74, 6) is 0.335. The first kappa shape index (κ1) is 11.8. The van der Waals surface area contributed by atoms with Crippen molar-refractivity contribution in [1.82, 2.24) is 19.9 Å². The van der Waals surface area contributed by atoms with Gasteiger partial charge in [-0.25, -0.2) is 9.97 Å². The number of nitroso groups, excluding NO2 is 1. The van der Waals surface area contributed by atoms with Crippen molar-refractivity contribution in [2.75, 3.05) is 5.73 Å². The Bertz CT molecular complexity index is 816. The molecule has 1 aliphatic rings. The number of aromatic amines is 2. The molecule has 4 N–H and O–H groups in total. The van der Waals surface area contributed by atoms with Crippen LogP contribution in [0.3, 0.4) is 0 Å². The average Bonchev–Trinajstić information content (AvgIpc) is 3.09. The minimum absolute atomic E-state index is 0.0690. The summed E-state index contributed by atoms with van der Waals surface area (Å²) < 4.78 is 0. The average molecular weight is 280 g/mol. The van der Waals surface area contributed by atoms with Crippen LogP contribution in [0.4, 0.5) is 11.6 Å². The Labute approximate surface area is 119 Å². The van der Waals surface area contributed by atoms with Gasteiger partial charge in [0.25, 0.3) is 0 Å². The molecule has 1 atom stereocenters. The molecule has 3 aromatic rings. The van der Waals surface area contributed by atoms with Crippen LogP contribution in [0.25, 0.3) is 0 Å². The molecule has 1 unspecified atom stereocenters. The van der Waals surface area contributed by atoms with Gasteiger partial charge in [0.15, 0.2) is 5.95 Å². The summed E-state index contributed by atoms with van der Waals surface area (Å²) in [5, 5.41) is 2.93. The van der Waals surface area contributed by atoms with Crippen LogP contribution < -0.4 is 5.73 Å². The number of anilines is 1. The van der Waals surface area contributed by atoms with Crippen LogP contribution in [-0.4, -0.2) is 19.9 Å². The lowest BCUT2D eigenvalue weighted by molar-refractivity contribution is 0.816. The number of imidazole rings is 2. The van der Waals surface area contributed by atoms with Crippen LogP contribution in [0, 0.1) is 4.91 Å². The third kappa shape index (κ3) is 1.74. The van der Waals surface area contributed by atoms with Crippen molar-refractivity contribution in [2.45, 2.75) is 12.3 Å². The molecular weight excluding hydrogens is 268 g/mol. The zero-order valence-electron chi connectivity index (χ0n) is 11.0. The van der Waals surface area contributed by atoms with E-state index in [4.69, 9.17) is 5.73 Å². The van der Waals surface area contributed by atoms with Crippen molar-refractivity contribution in [3.8, 4) is 0 Å². The van der Waals surface area contributed by atoms with Crippen LogP contribution in [0.2, 0.25) is 0 Å². The molecule has 0 saturated carbocycles. The highest BCUT2D eigenvalue weighted by Crippen LogP contribution is 2.38. The third-order valence-corrected chi connectivity index (χ3v) is 3.82. The molecular formula is C14H12N6O. The molecule has 0 aliphatic heterocycles. The number of H-pyrrole nitrogens is 2. The van der Waals surface area contributed by atoms with E-state index in [-0.39, 0.29) is 5.92 Å². The Morgan fingerprint density at radius 2 is 2.10 bits per heavy atom. The van der Waals surface area contributed by atoms with E-state index in [2.05, 4.69) is 25.1 Å². The number of nitrogens with one attached hydrogen (secondary N) is 2. The smallest absolute Gasteiger partial charge is 0.197 e. The third-order valence-electron chi connectivity index (χ3n) is 3.82. The Hall–Kier alpha value is -2.96. The quantitative estimate of drug-likeness (QED) is 0.488. The van der Waals surface area contributed by atoms with Gasteiger partial charge < -0.3 is 15.7 Å². The molecule has 1 aliphatic carbocycles. The molecule has 4 rings (SSSR count). The van der Waals surface area contributed by atoms with Gasteiger partial charge in [-0.1, -0.05) is 12.1 Å². The number of rotatable bonds is 2. The summed E-state index contributed by atoms with van der Waals surface area (Å²) in [5.41, 5.74) is 11.1. The lowest BCUT2D eigenvalue weighted by Gasteiger charge is -2.21. The molecule has 7 heteroatoms. The van der Waals surface area contributed by atoms with Crippen molar-refractivity contribution in [1.29, 1.82) is 0 Å². The van der Waals surface area contributed by atoms with E-state index in [0.717, 1.165) is 28.3 Å². The zero-order valence-corrected chi connectivity index (χ0v) is 11.0. The number of nitrogens with zero attached hydrogens (tertiary/aromatic N) is 3. The van der Waals surface area contributed by atoms with Crippen LogP contribution in [0.5, 0.6) is 0 Å². The van der Waals surface area contributed by atoms with Gasteiger partial charge in [0.2, 0.25) is 0 Å². The topological polar surface area (TPSA) is 113 Å². The van der Waals surface area contributed by atoms with Gasteiger partial charge >= 0.3 is 0 Å². The van der Waals surface area contributed by atoms with E-state index in [9.17, 15) is 4.91 Å². The summed E-state index contributed by atoms with van der Waals surface area (Å²) in [6.07, 6.45) is 2.37. The van der Waals surface area contributed by atoms with E-state index >= 15 is 0 Å². The minimum Gasteiger partial charge on any atom is -0.369 e. The van der Waals surface area contributed by atoms with Crippen molar-refractivity contribution in [3.63, 3.8) is 0 Å². The predicted octanol–water partition coefficient (Wildman–Crippen LogP) is 2.20. The Kier molecular flexibility index (Phi) is 2.41. The van der Waals surface area contributed by atoms with Crippen molar-refractivity contribution in [2.24, 2.45) is 5.18 Å². The number of nitrogens with two attached hydrogens (primary N) is 1. The van der Waals surface area contributed by atoms with Crippen LogP contribution in [0.15, 0.2) is 35.8 Å².